The van der Waals surface area contributed by atoms with Gasteiger partial charge in [0.05, 0.1) is 0 Å². The fourth-order valence-electron chi connectivity index (χ4n) is 1.44. The number of carbonyl (C=O) groups excluding carboxylic acids is 1. The number of benzene rings is 1. The molecule has 0 atom stereocenters. The third-order valence-electron chi connectivity index (χ3n) is 2.13. The summed E-state index contributed by atoms with van der Waals surface area (Å²) in [6.45, 7) is 4.28. The van der Waals surface area contributed by atoms with Gasteiger partial charge in [0.1, 0.15) is 0 Å². The van der Waals surface area contributed by atoms with Crippen LogP contribution in [-0.2, 0) is 6.54 Å². The second kappa shape index (κ2) is 5.14. The Morgan fingerprint density at radius 3 is 2.67 bits per heavy atom. The molecule has 0 unspecified atom stereocenters. The smallest absolute Gasteiger partial charge is 0.321 e. The molecule has 0 saturated carbocycles. The van der Waals surface area contributed by atoms with E-state index >= 15 is 0 Å². The highest BCUT2D eigenvalue weighted by molar-refractivity contribution is 6.66. The highest BCUT2D eigenvalue weighted by Crippen LogP contribution is 2.20. The van der Waals surface area contributed by atoms with Crippen LogP contribution in [0.15, 0.2) is 24.3 Å². The van der Waals surface area contributed by atoms with Gasteiger partial charge in [-0.25, -0.2) is 0 Å². The summed E-state index contributed by atoms with van der Waals surface area (Å²) in [5.41, 5.74) is 7.30. The number of hydrogen-bond donors (Lipinski definition) is 1. The van der Waals surface area contributed by atoms with Crippen LogP contribution in [0.1, 0.15) is 19.4 Å². The number of nitrogens with zero attached hydrogens (tertiary/aromatic N) is 1. The number of nitrogens with two attached hydrogens (primary N) is 1. The van der Waals surface area contributed by atoms with Gasteiger partial charge in [-0.2, -0.15) is 0 Å². The minimum absolute atomic E-state index is 0.0306. The molecule has 0 fully saturated rings. The van der Waals surface area contributed by atoms with Gasteiger partial charge in [0.15, 0.2) is 0 Å². The molecule has 0 spiro atoms. The largest absolute Gasteiger partial charge is 0.326 e. The van der Waals surface area contributed by atoms with Crippen molar-refractivity contribution in [3.63, 3.8) is 0 Å². The van der Waals surface area contributed by atoms with Gasteiger partial charge in [-0.15, -0.1) is 0 Å². The predicted octanol–water partition coefficient (Wildman–Crippen LogP) is 2.72. The van der Waals surface area contributed by atoms with E-state index in [4.69, 9.17) is 17.3 Å². The molecular formula is C11H15ClN2O. The minimum Gasteiger partial charge on any atom is -0.326 e. The van der Waals surface area contributed by atoms with E-state index in [2.05, 4.69) is 0 Å². The first kappa shape index (κ1) is 12.0. The zero-order valence-corrected chi connectivity index (χ0v) is 9.66. The van der Waals surface area contributed by atoms with Gasteiger partial charge >= 0.3 is 5.37 Å². The van der Waals surface area contributed by atoms with Crippen LogP contribution in [0, 0.1) is 0 Å². The van der Waals surface area contributed by atoms with E-state index in [0.717, 1.165) is 11.3 Å². The first-order valence-electron chi connectivity index (χ1n) is 4.84. The lowest BCUT2D eigenvalue weighted by atomic mass is 10.2. The summed E-state index contributed by atoms with van der Waals surface area (Å²) in [7, 11) is 0. The Morgan fingerprint density at radius 2 is 2.20 bits per heavy atom. The molecule has 3 nitrogen and oxygen atoms in total. The van der Waals surface area contributed by atoms with Crippen molar-refractivity contribution < 1.29 is 4.79 Å². The second-order valence-electron chi connectivity index (χ2n) is 3.59. The summed E-state index contributed by atoms with van der Waals surface area (Å²) in [6, 6.07) is 7.54. The van der Waals surface area contributed by atoms with E-state index in [9.17, 15) is 4.79 Å². The van der Waals surface area contributed by atoms with Crippen molar-refractivity contribution in [2.45, 2.75) is 26.4 Å². The summed E-state index contributed by atoms with van der Waals surface area (Å²) in [5, 5.41) is -0.473. The molecule has 0 aliphatic rings. The molecule has 1 rings (SSSR count). The third-order valence-corrected chi connectivity index (χ3v) is 2.31. The van der Waals surface area contributed by atoms with Gasteiger partial charge in [-0.3, -0.25) is 9.69 Å². The normalized spacial score (nSPS) is 10.5. The number of anilines is 1. The highest BCUT2D eigenvalue weighted by atomic mass is 35.5. The van der Waals surface area contributed by atoms with Crippen molar-refractivity contribution in [2.24, 2.45) is 5.73 Å². The highest BCUT2D eigenvalue weighted by Gasteiger charge is 2.16. The molecule has 15 heavy (non-hydrogen) atoms. The van der Waals surface area contributed by atoms with Gasteiger partial charge < -0.3 is 5.73 Å². The van der Waals surface area contributed by atoms with Crippen LogP contribution in [0.4, 0.5) is 10.5 Å². The Bertz CT molecular complexity index is 352. The zero-order valence-electron chi connectivity index (χ0n) is 8.90. The van der Waals surface area contributed by atoms with Crippen molar-refractivity contribution in [3.8, 4) is 0 Å². The number of hydrogen-bond acceptors (Lipinski definition) is 2. The molecule has 0 aliphatic heterocycles. The van der Waals surface area contributed by atoms with Crippen molar-refractivity contribution in [1.29, 1.82) is 0 Å². The van der Waals surface area contributed by atoms with Gasteiger partial charge in [0, 0.05) is 18.3 Å². The van der Waals surface area contributed by atoms with Crippen LogP contribution >= 0.6 is 11.6 Å². The van der Waals surface area contributed by atoms with E-state index in [-0.39, 0.29) is 6.04 Å². The van der Waals surface area contributed by atoms with Crippen molar-refractivity contribution in [1.82, 2.24) is 0 Å². The fourth-order valence-corrected chi connectivity index (χ4v) is 1.73. The lowest BCUT2D eigenvalue weighted by molar-refractivity contribution is 0.263. The molecule has 0 aliphatic carbocycles. The maximum atomic E-state index is 11.2. The molecule has 0 heterocycles. The first-order valence-corrected chi connectivity index (χ1v) is 5.21. The third kappa shape index (κ3) is 2.94. The number of rotatable bonds is 3. The average molecular weight is 227 g/mol. The number of halogens is 1. The van der Waals surface area contributed by atoms with Gasteiger partial charge in [0.25, 0.3) is 0 Å². The van der Waals surface area contributed by atoms with E-state index < -0.39 is 5.37 Å². The van der Waals surface area contributed by atoms with E-state index in [1.807, 2.05) is 38.1 Å². The molecule has 1 aromatic rings. The van der Waals surface area contributed by atoms with Crippen LogP contribution < -0.4 is 10.6 Å². The average Bonchev–Trinajstić information content (AvgIpc) is 2.17. The van der Waals surface area contributed by atoms with Crippen LogP contribution in [0.2, 0.25) is 0 Å². The Morgan fingerprint density at radius 1 is 1.53 bits per heavy atom. The molecule has 0 saturated heterocycles. The summed E-state index contributed by atoms with van der Waals surface area (Å²) in [4.78, 5) is 12.8. The fraction of sp³-hybridized carbons (Fsp3) is 0.364. The van der Waals surface area contributed by atoms with Crippen molar-refractivity contribution in [3.05, 3.63) is 29.8 Å². The van der Waals surface area contributed by atoms with Gasteiger partial charge in [0.2, 0.25) is 0 Å². The van der Waals surface area contributed by atoms with Crippen LogP contribution in [0.3, 0.4) is 0 Å². The zero-order chi connectivity index (χ0) is 11.4. The maximum Gasteiger partial charge on any atom is 0.321 e. The number of amides is 1. The van der Waals surface area contributed by atoms with Crippen LogP contribution in [0.5, 0.6) is 0 Å². The Hall–Kier alpha value is -1.06. The quantitative estimate of drug-likeness (QED) is 0.636. The standard InChI is InChI=1S/C11H15ClN2O/c1-8(2)14(11(12)15)10-5-3-4-9(6-10)7-13/h3-6,8H,7,13H2,1-2H3. The molecule has 0 bridgehead atoms. The number of carbonyl (C=O) groups is 1. The molecule has 1 amide bonds. The summed E-state index contributed by atoms with van der Waals surface area (Å²) < 4.78 is 0. The topological polar surface area (TPSA) is 46.3 Å². The van der Waals surface area contributed by atoms with E-state index in [1.54, 1.807) is 0 Å². The molecule has 2 N–H and O–H groups in total. The Labute approximate surface area is 94.8 Å². The minimum atomic E-state index is -0.473. The van der Waals surface area contributed by atoms with Crippen molar-refractivity contribution >= 4 is 22.7 Å². The molecule has 1 aromatic carbocycles. The lowest BCUT2D eigenvalue weighted by Gasteiger charge is -2.24. The second-order valence-corrected chi connectivity index (χ2v) is 3.91. The van der Waals surface area contributed by atoms with E-state index in [1.165, 1.54) is 4.90 Å². The Balaban J connectivity index is 3.05. The monoisotopic (exact) mass is 226 g/mol. The van der Waals surface area contributed by atoms with Crippen molar-refractivity contribution in [2.75, 3.05) is 4.90 Å². The molecule has 0 radical (unpaired) electrons. The van der Waals surface area contributed by atoms with Crippen LogP contribution in [0.25, 0.3) is 0 Å². The van der Waals surface area contributed by atoms with Crippen LogP contribution in [-0.4, -0.2) is 11.4 Å². The SMILES string of the molecule is CC(C)N(C(=O)Cl)c1cccc(CN)c1. The molecule has 0 aromatic heterocycles. The maximum absolute atomic E-state index is 11.2. The summed E-state index contributed by atoms with van der Waals surface area (Å²) in [5.74, 6) is 0. The molecular weight excluding hydrogens is 212 g/mol. The predicted molar refractivity (Wildman–Crippen MR) is 63.2 cm³/mol. The molecule has 82 valence electrons. The first-order chi connectivity index (χ1) is 7.06. The lowest BCUT2D eigenvalue weighted by Crippen LogP contribution is -2.32. The van der Waals surface area contributed by atoms with Gasteiger partial charge in [-0.1, -0.05) is 12.1 Å². The summed E-state index contributed by atoms with van der Waals surface area (Å²) >= 11 is 5.52. The Kier molecular flexibility index (Phi) is 4.12. The van der Waals surface area contributed by atoms with Gasteiger partial charge in [-0.05, 0) is 43.1 Å². The van der Waals surface area contributed by atoms with E-state index in [0.29, 0.717) is 6.54 Å². The molecule has 4 heteroatoms. The summed E-state index contributed by atoms with van der Waals surface area (Å²) in [6.07, 6.45) is 0.